The lowest BCUT2D eigenvalue weighted by molar-refractivity contribution is -0.121. The smallest absolute Gasteiger partial charge is 0.221 e. The molecule has 30 heavy (non-hydrogen) atoms. The van der Waals surface area contributed by atoms with Gasteiger partial charge in [-0.1, -0.05) is 19.3 Å². The number of halogens is 1. The Bertz CT molecular complexity index is 515. The van der Waals surface area contributed by atoms with E-state index in [9.17, 15) is 4.79 Å². The fourth-order valence-electron chi connectivity index (χ4n) is 4.58. The molecule has 0 spiro atoms. The molecule has 8 heteroatoms. The second kappa shape index (κ2) is 14.5. The van der Waals surface area contributed by atoms with Gasteiger partial charge in [-0.05, 0) is 44.9 Å². The zero-order valence-corrected chi connectivity index (χ0v) is 20.9. The van der Waals surface area contributed by atoms with Gasteiger partial charge in [-0.2, -0.15) is 0 Å². The molecule has 0 radical (unpaired) electrons. The number of carbonyl (C=O) groups excluding carboxylic acids is 1. The molecule has 1 atom stereocenters. The SMILES string of the molecule is CN=C(NCCC(=O)NC1CCCCC1)N1CCC(OCC2CCCCO2)CC1.I. The molecule has 2 heterocycles. The van der Waals surface area contributed by atoms with Crippen LogP contribution in [0.25, 0.3) is 0 Å². The van der Waals surface area contributed by atoms with Crippen LogP contribution in [0.4, 0.5) is 0 Å². The van der Waals surface area contributed by atoms with E-state index in [1.165, 1.54) is 32.1 Å². The molecule has 3 fully saturated rings. The van der Waals surface area contributed by atoms with Gasteiger partial charge in [-0.3, -0.25) is 9.79 Å². The minimum Gasteiger partial charge on any atom is -0.376 e. The summed E-state index contributed by atoms with van der Waals surface area (Å²) >= 11 is 0. The normalized spacial score (nSPS) is 24.2. The summed E-state index contributed by atoms with van der Waals surface area (Å²) in [7, 11) is 1.81. The minimum absolute atomic E-state index is 0. The highest BCUT2D eigenvalue weighted by molar-refractivity contribution is 14.0. The maximum atomic E-state index is 12.2. The largest absolute Gasteiger partial charge is 0.376 e. The molecule has 3 aliphatic rings. The molecule has 174 valence electrons. The van der Waals surface area contributed by atoms with Crippen LogP contribution in [0.3, 0.4) is 0 Å². The average molecular weight is 536 g/mol. The Hall–Kier alpha value is -0.610. The van der Waals surface area contributed by atoms with Crippen LogP contribution in [0.1, 0.15) is 70.6 Å². The molecule has 3 rings (SSSR count). The Morgan fingerprint density at radius 2 is 1.80 bits per heavy atom. The molecule has 1 saturated carbocycles. The van der Waals surface area contributed by atoms with E-state index >= 15 is 0 Å². The van der Waals surface area contributed by atoms with E-state index in [1.807, 2.05) is 7.05 Å². The Morgan fingerprint density at radius 3 is 2.47 bits per heavy atom. The molecule has 2 N–H and O–H groups in total. The van der Waals surface area contributed by atoms with Crippen molar-refractivity contribution in [3.05, 3.63) is 0 Å². The molecule has 0 aromatic heterocycles. The number of rotatable bonds is 7. The first kappa shape index (κ1) is 25.6. The van der Waals surface area contributed by atoms with Crippen LogP contribution in [0, 0.1) is 0 Å². The third-order valence-electron chi connectivity index (χ3n) is 6.35. The van der Waals surface area contributed by atoms with Crippen molar-refractivity contribution in [3.63, 3.8) is 0 Å². The zero-order valence-electron chi connectivity index (χ0n) is 18.6. The van der Waals surface area contributed by atoms with E-state index in [1.54, 1.807) is 0 Å². The first-order valence-corrected chi connectivity index (χ1v) is 11.7. The number of ether oxygens (including phenoxy) is 2. The van der Waals surface area contributed by atoms with Crippen molar-refractivity contribution in [2.24, 2.45) is 4.99 Å². The predicted molar refractivity (Wildman–Crippen MR) is 131 cm³/mol. The van der Waals surface area contributed by atoms with Crippen molar-refractivity contribution in [1.29, 1.82) is 0 Å². The van der Waals surface area contributed by atoms with Crippen molar-refractivity contribution in [1.82, 2.24) is 15.5 Å². The van der Waals surface area contributed by atoms with Crippen molar-refractivity contribution in [2.75, 3.05) is 39.9 Å². The van der Waals surface area contributed by atoms with Gasteiger partial charge in [0.05, 0.1) is 18.8 Å². The van der Waals surface area contributed by atoms with Crippen LogP contribution < -0.4 is 10.6 Å². The summed E-state index contributed by atoms with van der Waals surface area (Å²) in [6.07, 6.45) is 12.7. The van der Waals surface area contributed by atoms with Crippen molar-refractivity contribution < 1.29 is 14.3 Å². The van der Waals surface area contributed by atoms with E-state index in [2.05, 4.69) is 20.5 Å². The van der Waals surface area contributed by atoms with Crippen molar-refractivity contribution in [3.8, 4) is 0 Å². The zero-order chi connectivity index (χ0) is 20.3. The lowest BCUT2D eigenvalue weighted by Crippen LogP contribution is -2.48. The lowest BCUT2D eigenvalue weighted by atomic mass is 9.95. The van der Waals surface area contributed by atoms with Gasteiger partial charge in [-0.15, -0.1) is 24.0 Å². The fourth-order valence-corrected chi connectivity index (χ4v) is 4.58. The number of likely N-dealkylation sites (tertiary alicyclic amines) is 1. The number of carbonyl (C=O) groups is 1. The molecule has 1 aliphatic carbocycles. The summed E-state index contributed by atoms with van der Waals surface area (Å²) < 4.78 is 11.9. The van der Waals surface area contributed by atoms with E-state index in [0.29, 0.717) is 25.1 Å². The van der Waals surface area contributed by atoms with E-state index in [-0.39, 0.29) is 36.0 Å². The van der Waals surface area contributed by atoms with E-state index in [4.69, 9.17) is 9.47 Å². The number of nitrogens with one attached hydrogen (secondary N) is 2. The minimum atomic E-state index is 0. The van der Waals surface area contributed by atoms with Crippen LogP contribution >= 0.6 is 24.0 Å². The highest BCUT2D eigenvalue weighted by Crippen LogP contribution is 2.18. The summed E-state index contributed by atoms with van der Waals surface area (Å²) in [5.74, 6) is 1.04. The average Bonchev–Trinajstić information content (AvgIpc) is 2.77. The second-order valence-electron chi connectivity index (χ2n) is 8.63. The Kier molecular flexibility index (Phi) is 12.4. The summed E-state index contributed by atoms with van der Waals surface area (Å²) in [4.78, 5) is 18.9. The van der Waals surface area contributed by atoms with Crippen molar-refractivity contribution in [2.45, 2.75) is 88.9 Å². The summed E-state index contributed by atoms with van der Waals surface area (Å²) in [6.45, 7) is 4.11. The molecule has 0 bridgehead atoms. The van der Waals surface area contributed by atoms with Crippen LogP contribution in [0.2, 0.25) is 0 Å². The third-order valence-corrected chi connectivity index (χ3v) is 6.35. The summed E-state index contributed by atoms with van der Waals surface area (Å²) in [5.41, 5.74) is 0. The van der Waals surface area contributed by atoms with Gasteiger partial charge in [-0.25, -0.2) is 0 Å². The highest BCUT2D eigenvalue weighted by atomic mass is 127. The number of hydrogen-bond donors (Lipinski definition) is 2. The van der Waals surface area contributed by atoms with Gasteiger partial charge >= 0.3 is 0 Å². The molecular formula is C22H41IN4O3. The maximum Gasteiger partial charge on any atom is 0.221 e. The summed E-state index contributed by atoms with van der Waals surface area (Å²) in [6, 6.07) is 0.383. The van der Waals surface area contributed by atoms with Gasteiger partial charge in [0.2, 0.25) is 5.91 Å². The number of hydrogen-bond acceptors (Lipinski definition) is 4. The number of aliphatic imine (C=N–C) groups is 1. The van der Waals surface area contributed by atoms with Crippen LogP contribution in [-0.4, -0.2) is 74.9 Å². The quantitative estimate of drug-likeness (QED) is 0.297. The number of piperidine rings is 1. The van der Waals surface area contributed by atoms with Gasteiger partial charge < -0.3 is 25.0 Å². The van der Waals surface area contributed by atoms with Gasteiger partial charge in [0, 0.05) is 45.8 Å². The van der Waals surface area contributed by atoms with Gasteiger partial charge in [0.25, 0.3) is 0 Å². The van der Waals surface area contributed by atoms with Gasteiger partial charge in [0.15, 0.2) is 5.96 Å². The van der Waals surface area contributed by atoms with Crippen LogP contribution in [0.15, 0.2) is 4.99 Å². The lowest BCUT2D eigenvalue weighted by Gasteiger charge is -2.35. The Labute approximate surface area is 199 Å². The predicted octanol–water partition coefficient (Wildman–Crippen LogP) is 3.07. The molecule has 0 aromatic carbocycles. The Morgan fingerprint density at radius 1 is 1.07 bits per heavy atom. The maximum absolute atomic E-state index is 12.2. The second-order valence-corrected chi connectivity index (χ2v) is 8.63. The van der Waals surface area contributed by atoms with Crippen molar-refractivity contribution >= 4 is 35.8 Å². The molecule has 2 aliphatic heterocycles. The van der Waals surface area contributed by atoms with Crippen LogP contribution in [-0.2, 0) is 14.3 Å². The molecule has 1 unspecified atom stereocenters. The van der Waals surface area contributed by atoms with Crippen LogP contribution in [0.5, 0.6) is 0 Å². The standard InChI is InChI=1S/C22H40N4O3.HI/c1-23-22(24-13-10-21(27)25-18-7-3-2-4-8-18)26-14-11-19(12-15-26)29-17-20-9-5-6-16-28-20;/h18-20H,2-17H2,1H3,(H,23,24)(H,25,27);1H. The molecular weight excluding hydrogens is 495 g/mol. The first-order chi connectivity index (χ1) is 14.2. The molecule has 1 amide bonds. The summed E-state index contributed by atoms with van der Waals surface area (Å²) in [5, 5.41) is 6.54. The molecule has 0 aromatic rings. The first-order valence-electron chi connectivity index (χ1n) is 11.7. The highest BCUT2D eigenvalue weighted by Gasteiger charge is 2.24. The van der Waals surface area contributed by atoms with E-state index < -0.39 is 0 Å². The molecule has 2 saturated heterocycles. The van der Waals surface area contributed by atoms with E-state index in [0.717, 1.165) is 64.4 Å². The molecule has 7 nitrogen and oxygen atoms in total. The number of amides is 1. The van der Waals surface area contributed by atoms with Gasteiger partial charge in [0.1, 0.15) is 0 Å². The Balaban J connectivity index is 0.00000320. The monoisotopic (exact) mass is 536 g/mol. The fraction of sp³-hybridized carbons (Fsp3) is 0.909. The number of nitrogens with zero attached hydrogens (tertiary/aromatic N) is 2. The topological polar surface area (TPSA) is 75.2 Å². The third kappa shape index (κ3) is 8.86. The number of guanidine groups is 1.